The predicted molar refractivity (Wildman–Crippen MR) is 133 cm³/mol. The molecule has 0 aliphatic carbocycles. The summed E-state index contributed by atoms with van der Waals surface area (Å²) in [5.41, 5.74) is 3.71. The van der Waals surface area contributed by atoms with Gasteiger partial charge >= 0.3 is 0 Å². The molecule has 2 amide bonds. The lowest BCUT2D eigenvalue weighted by atomic mass is 9.84. The number of amides is 2. The van der Waals surface area contributed by atoms with Crippen LogP contribution in [0.25, 0.3) is 10.6 Å². The van der Waals surface area contributed by atoms with Gasteiger partial charge in [0.15, 0.2) is 0 Å². The Morgan fingerprint density at radius 1 is 1.15 bits per heavy atom. The van der Waals surface area contributed by atoms with Gasteiger partial charge in [0, 0.05) is 31.1 Å². The van der Waals surface area contributed by atoms with Crippen molar-refractivity contribution in [2.45, 2.75) is 40.2 Å². The van der Waals surface area contributed by atoms with E-state index in [9.17, 15) is 14.0 Å². The minimum absolute atomic E-state index is 0.0232. The molecule has 1 aliphatic heterocycles. The minimum atomic E-state index is -0.306. The van der Waals surface area contributed by atoms with Crippen LogP contribution in [0.5, 0.6) is 0 Å². The number of nitrogens with one attached hydrogen (secondary N) is 1. The van der Waals surface area contributed by atoms with Crippen LogP contribution in [-0.4, -0.2) is 34.8 Å². The average molecular weight is 480 g/mol. The Balaban J connectivity index is 1.32. The first-order chi connectivity index (χ1) is 16.3. The largest absolute Gasteiger partial charge is 0.352 e. The molecular weight excluding hydrogens is 449 g/mol. The van der Waals surface area contributed by atoms with Gasteiger partial charge in [-0.05, 0) is 50.3 Å². The second-order valence-corrected chi connectivity index (χ2v) is 10.1. The highest BCUT2D eigenvalue weighted by atomic mass is 32.1. The van der Waals surface area contributed by atoms with Crippen LogP contribution in [0.2, 0.25) is 0 Å². The summed E-state index contributed by atoms with van der Waals surface area (Å²) in [5.74, 6) is -0.268. The van der Waals surface area contributed by atoms with Gasteiger partial charge in [0.05, 0.1) is 5.69 Å². The van der Waals surface area contributed by atoms with Crippen molar-refractivity contribution in [1.29, 1.82) is 0 Å². The highest BCUT2D eigenvalue weighted by Crippen LogP contribution is 2.31. The van der Waals surface area contributed by atoms with E-state index in [1.54, 1.807) is 12.1 Å². The van der Waals surface area contributed by atoms with Crippen molar-refractivity contribution >= 4 is 23.2 Å². The van der Waals surface area contributed by atoms with E-state index in [-0.39, 0.29) is 29.5 Å². The highest BCUT2D eigenvalue weighted by molar-refractivity contribution is 7.17. The number of aromatic nitrogens is 1. The van der Waals surface area contributed by atoms with Gasteiger partial charge in [0.25, 0.3) is 5.91 Å². The fourth-order valence-electron chi connectivity index (χ4n) is 4.37. The number of likely N-dealkylation sites (tertiary alicyclic amines) is 1. The molecule has 0 radical (unpaired) electrons. The molecule has 1 aromatic heterocycles. The second-order valence-electron chi connectivity index (χ2n) is 9.07. The summed E-state index contributed by atoms with van der Waals surface area (Å²) >= 11 is 1.44. The zero-order valence-electron chi connectivity index (χ0n) is 19.8. The molecule has 2 aromatic carbocycles. The summed E-state index contributed by atoms with van der Waals surface area (Å²) in [4.78, 5) is 33.1. The number of nitrogens with zero attached hydrogens (tertiary/aromatic N) is 2. The molecule has 1 N–H and O–H groups in total. The van der Waals surface area contributed by atoms with E-state index in [1.165, 1.54) is 29.0 Å². The molecule has 0 saturated carbocycles. The molecular formula is C27H30FN3O2S. The van der Waals surface area contributed by atoms with Crippen LogP contribution in [-0.2, 0) is 11.3 Å². The van der Waals surface area contributed by atoms with Crippen molar-refractivity contribution in [3.05, 3.63) is 76.0 Å². The van der Waals surface area contributed by atoms with Crippen LogP contribution >= 0.6 is 11.3 Å². The Labute approximate surface area is 204 Å². The Morgan fingerprint density at radius 3 is 2.53 bits per heavy atom. The van der Waals surface area contributed by atoms with Crippen LogP contribution in [0, 0.1) is 31.5 Å². The van der Waals surface area contributed by atoms with E-state index in [2.05, 4.69) is 10.3 Å². The average Bonchev–Trinajstić information content (AvgIpc) is 3.23. The quantitative estimate of drug-likeness (QED) is 0.517. The molecule has 1 saturated heterocycles. The molecule has 7 heteroatoms. The van der Waals surface area contributed by atoms with Crippen LogP contribution in [0.1, 0.15) is 46.3 Å². The monoisotopic (exact) mass is 479 g/mol. The van der Waals surface area contributed by atoms with Gasteiger partial charge in [-0.2, -0.15) is 0 Å². The summed E-state index contributed by atoms with van der Waals surface area (Å²) < 4.78 is 13.3. The predicted octanol–water partition coefficient (Wildman–Crippen LogP) is 5.37. The maximum Gasteiger partial charge on any atom is 0.265 e. The first-order valence-electron chi connectivity index (χ1n) is 11.7. The zero-order valence-corrected chi connectivity index (χ0v) is 20.6. The summed E-state index contributed by atoms with van der Waals surface area (Å²) in [6, 6.07) is 14.4. The summed E-state index contributed by atoms with van der Waals surface area (Å²) in [7, 11) is 0. The molecule has 1 unspecified atom stereocenters. The lowest BCUT2D eigenvalue weighted by Crippen LogP contribution is -2.42. The maximum atomic E-state index is 13.3. The van der Waals surface area contributed by atoms with E-state index in [0.29, 0.717) is 24.5 Å². The van der Waals surface area contributed by atoms with Crippen LogP contribution in [0.4, 0.5) is 4.39 Å². The Hall–Kier alpha value is -3.06. The first-order valence-corrected chi connectivity index (χ1v) is 12.5. The molecule has 1 fully saturated rings. The number of aryl methyl sites for hydroxylation is 2. The number of rotatable bonds is 6. The molecule has 0 bridgehead atoms. The lowest BCUT2D eigenvalue weighted by molar-refractivity contribution is -0.126. The SMILES string of the molecule is Cc1ccc(-c2nc(C)c(C(=O)N3CCC(C(C)C(=O)NCc4cccc(F)c4)CC3)s2)cc1. The number of hydrogen-bond acceptors (Lipinski definition) is 4. The number of thiazole rings is 1. The fraction of sp³-hybridized carbons (Fsp3) is 0.370. The molecule has 1 atom stereocenters. The molecule has 1 aliphatic rings. The van der Waals surface area contributed by atoms with Crippen LogP contribution < -0.4 is 5.32 Å². The van der Waals surface area contributed by atoms with Crippen molar-refractivity contribution in [2.75, 3.05) is 13.1 Å². The lowest BCUT2D eigenvalue weighted by Gasteiger charge is -2.34. The topological polar surface area (TPSA) is 62.3 Å². The molecule has 34 heavy (non-hydrogen) atoms. The Morgan fingerprint density at radius 2 is 1.85 bits per heavy atom. The van der Waals surface area contributed by atoms with Gasteiger partial charge in [-0.1, -0.05) is 48.9 Å². The molecule has 178 valence electrons. The van der Waals surface area contributed by atoms with E-state index < -0.39 is 0 Å². The fourth-order valence-corrected chi connectivity index (χ4v) is 5.41. The Kier molecular flexibility index (Phi) is 7.41. The van der Waals surface area contributed by atoms with Gasteiger partial charge in [-0.15, -0.1) is 11.3 Å². The third-order valence-corrected chi connectivity index (χ3v) is 7.79. The number of carbonyl (C=O) groups excluding carboxylic acids is 2. The van der Waals surface area contributed by atoms with Gasteiger partial charge in [-0.3, -0.25) is 9.59 Å². The van der Waals surface area contributed by atoms with E-state index in [0.717, 1.165) is 34.7 Å². The summed E-state index contributed by atoms with van der Waals surface area (Å²) in [5, 5.41) is 3.78. The van der Waals surface area contributed by atoms with Gasteiger partial charge < -0.3 is 10.2 Å². The second kappa shape index (κ2) is 10.5. The minimum Gasteiger partial charge on any atom is -0.352 e. The number of halogens is 1. The Bertz CT molecular complexity index is 1170. The number of piperidine rings is 1. The van der Waals surface area contributed by atoms with Gasteiger partial charge in [0.1, 0.15) is 15.7 Å². The van der Waals surface area contributed by atoms with Crippen molar-refractivity contribution < 1.29 is 14.0 Å². The van der Waals surface area contributed by atoms with E-state index in [4.69, 9.17) is 0 Å². The van der Waals surface area contributed by atoms with Crippen molar-refractivity contribution in [3.63, 3.8) is 0 Å². The third kappa shape index (κ3) is 5.53. The molecule has 3 aromatic rings. The first kappa shape index (κ1) is 24.1. The number of carbonyl (C=O) groups is 2. The van der Waals surface area contributed by atoms with Crippen LogP contribution in [0.15, 0.2) is 48.5 Å². The van der Waals surface area contributed by atoms with Gasteiger partial charge in [0.2, 0.25) is 5.91 Å². The standard InChI is InChI=1S/C27H30FN3O2S/c1-17-7-9-22(10-8-17)26-30-19(3)24(34-26)27(33)31-13-11-21(12-14-31)18(2)25(32)29-16-20-5-4-6-23(28)15-20/h4-10,15,18,21H,11-14,16H2,1-3H3,(H,29,32). The van der Waals surface area contributed by atoms with Crippen molar-refractivity contribution in [1.82, 2.24) is 15.2 Å². The molecule has 4 rings (SSSR count). The van der Waals surface area contributed by atoms with Crippen molar-refractivity contribution in [2.24, 2.45) is 11.8 Å². The zero-order chi connectivity index (χ0) is 24.2. The van der Waals surface area contributed by atoms with E-state index in [1.807, 2.05) is 49.9 Å². The smallest absolute Gasteiger partial charge is 0.265 e. The highest BCUT2D eigenvalue weighted by Gasteiger charge is 2.31. The normalized spacial score (nSPS) is 15.2. The summed E-state index contributed by atoms with van der Waals surface area (Å²) in [6.07, 6.45) is 1.56. The van der Waals surface area contributed by atoms with Crippen molar-refractivity contribution in [3.8, 4) is 10.6 Å². The maximum absolute atomic E-state index is 13.3. The van der Waals surface area contributed by atoms with E-state index >= 15 is 0 Å². The third-order valence-electron chi connectivity index (χ3n) is 6.59. The van der Waals surface area contributed by atoms with Gasteiger partial charge in [-0.25, -0.2) is 9.37 Å². The number of benzene rings is 2. The molecule has 2 heterocycles. The summed E-state index contributed by atoms with van der Waals surface area (Å²) in [6.45, 7) is 7.43. The van der Waals surface area contributed by atoms with Crippen LogP contribution in [0.3, 0.4) is 0 Å². The molecule has 5 nitrogen and oxygen atoms in total. The number of hydrogen-bond donors (Lipinski definition) is 1. The molecule has 0 spiro atoms.